The highest BCUT2D eigenvalue weighted by Crippen LogP contribution is 2.34. The van der Waals surface area contributed by atoms with Gasteiger partial charge in [-0.05, 0) is 31.6 Å². The largest absolute Gasteiger partial charge is 0.368 e. The summed E-state index contributed by atoms with van der Waals surface area (Å²) in [4.78, 5) is 24.0. The molecule has 23 heavy (non-hydrogen) atoms. The summed E-state index contributed by atoms with van der Waals surface area (Å²) in [6.45, 7) is 3.81. The molecule has 1 amide bonds. The van der Waals surface area contributed by atoms with Crippen molar-refractivity contribution in [3.63, 3.8) is 0 Å². The molecule has 0 aliphatic heterocycles. The number of primary amides is 1. The third-order valence-electron chi connectivity index (χ3n) is 4.27. The average Bonchev–Trinajstić information content (AvgIpc) is 3.21. The van der Waals surface area contributed by atoms with Gasteiger partial charge in [0.25, 0.3) is 0 Å². The van der Waals surface area contributed by atoms with E-state index in [1.807, 2.05) is 13.8 Å². The van der Waals surface area contributed by atoms with Crippen LogP contribution in [0, 0.1) is 5.92 Å². The minimum absolute atomic E-state index is 0. The number of rotatable bonds is 11. The fourth-order valence-corrected chi connectivity index (χ4v) is 5.00. The van der Waals surface area contributed by atoms with Crippen LogP contribution in [-0.4, -0.2) is 36.6 Å². The molecule has 0 aromatic heterocycles. The fourth-order valence-electron chi connectivity index (χ4n) is 2.64. The number of hydrogen-bond acceptors (Lipinski definition) is 5. The first kappa shape index (κ1) is 22.3. The van der Waals surface area contributed by atoms with Crippen LogP contribution in [-0.2, 0) is 19.4 Å². The van der Waals surface area contributed by atoms with Crippen molar-refractivity contribution in [2.75, 3.05) is 5.75 Å². The maximum Gasteiger partial charge on any atom is 0.246 e. The zero-order valence-electron chi connectivity index (χ0n) is 13.9. The second-order valence-electron chi connectivity index (χ2n) is 6.41. The van der Waals surface area contributed by atoms with Crippen molar-refractivity contribution in [1.29, 1.82) is 0 Å². The number of ketones is 1. The van der Waals surface area contributed by atoms with Gasteiger partial charge in [0.15, 0.2) is 21.2 Å². The van der Waals surface area contributed by atoms with Gasteiger partial charge in [0.2, 0.25) is 5.91 Å². The number of carbonyl (C=O) groups is 2. The van der Waals surface area contributed by atoms with Crippen molar-refractivity contribution in [3.05, 3.63) is 0 Å². The van der Waals surface area contributed by atoms with Crippen molar-refractivity contribution in [2.24, 2.45) is 17.4 Å². The van der Waals surface area contributed by atoms with Gasteiger partial charge in [0, 0.05) is 6.42 Å². The highest BCUT2D eigenvalue weighted by molar-refractivity contribution is 7.92. The first-order valence-corrected chi connectivity index (χ1v) is 9.72. The minimum atomic E-state index is -3.66. The predicted molar refractivity (Wildman–Crippen MR) is 93.1 cm³/mol. The molecule has 0 unspecified atom stereocenters. The molecule has 0 spiro atoms. The lowest BCUT2D eigenvalue weighted by atomic mass is 9.93. The van der Waals surface area contributed by atoms with Crippen LogP contribution in [0.25, 0.3) is 0 Å². The van der Waals surface area contributed by atoms with Gasteiger partial charge in [0.1, 0.15) is 0 Å². The van der Waals surface area contributed by atoms with Crippen molar-refractivity contribution in [3.8, 4) is 0 Å². The third kappa shape index (κ3) is 6.04. The van der Waals surface area contributed by atoms with Gasteiger partial charge in [-0.15, -0.1) is 12.4 Å². The van der Waals surface area contributed by atoms with Crippen molar-refractivity contribution in [2.45, 2.75) is 69.6 Å². The summed E-state index contributed by atoms with van der Waals surface area (Å²) < 4.78 is 25.2. The summed E-state index contributed by atoms with van der Waals surface area (Å²) >= 11 is 0. The van der Waals surface area contributed by atoms with Gasteiger partial charge in [0.05, 0.1) is 11.0 Å². The van der Waals surface area contributed by atoms with E-state index < -0.39 is 38.1 Å². The summed E-state index contributed by atoms with van der Waals surface area (Å²) in [6.07, 6.45) is 4.41. The SMILES string of the molecule is CCCC(CCC)S(=O)(=O)C[C@](N)(C(N)=O)C(=O)CC1CC1.Cl. The summed E-state index contributed by atoms with van der Waals surface area (Å²) in [7, 11) is -3.66. The molecule has 0 bridgehead atoms. The molecule has 1 saturated carbocycles. The molecule has 1 atom stereocenters. The van der Waals surface area contributed by atoms with Crippen LogP contribution in [0.15, 0.2) is 0 Å². The highest BCUT2D eigenvalue weighted by atomic mass is 35.5. The van der Waals surface area contributed by atoms with Gasteiger partial charge in [-0.25, -0.2) is 8.42 Å². The molecule has 0 radical (unpaired) electrons. The van der Waals surface area contributed by atoms with Crippen LogP contribution in [0.1, 0.15) is 58.8 Å². The molecular weight excluding hydrogens is 340 g/mol. The summed E-state index contributed by atoms with van der Waals surface area (Å²) in [6, 6.07) is 0. The van der Waals surface area contributed by atoms with Gasteiger partial charge >= 0.3 is 0 Å². The van der Waals surface area contributed by atoms with E-state index in [2.05, 4.69) is 0 Å². The molecule has 6 nitrogen and oxygen atoms in total. The number of carbonyl (C=O) groups excluding carboxylic acids is 2. The molecule has 1 aliphatic rings. The topological polar surface area (TPSA) is 120 Å². The Morgan fingerprint density at radius 3 is 2.00 bits per heavy atom. The summed E-state index contributed by atoms with van der Waals surface area (Å²) in [5.74, 6) is -2.04. The van der Waals surface area contributed by atoms with Gasteiger partial charge in [-0.2, -0.15) is 0 Å². The summed E-state index contributed by atoms with van der Waals surface area (Å²) in [5, 5.41) is -0.571. The Hall–Kier alpha value is -0.660. The first-order chi connectivity index (χ1) is 10.2. The molecule has 1 aliphatic carbocycles. The van der Waals surface area contributed by atoms with E-state index in [1.165, 1.54) is 0 Å². The maximum absolute atomic E-state index is 12.6. The molecule has 1 rings (SSSR count). The number of Topliss-reactive ketones (excluding diaryl/α,β-unsaturated/α-hetero) is 1. The molecule has 136 valence electrons. The minimum Gasteiger partial charge on any atom is -0.368 e. The van der Waals surface area contributed by atoms with E-state index in [0.717, 1.165) is 12.8 Å². The smallest absolute Gasteiger partial charge is 0.246 e. The van der Waals surface area contributed by atoms with Gasteiger partial charge in [-0.3, -0.25) is 9.59 Å². The van der Waals surface area contributed by atoms with Gasteiger partial charge < -0.3 is 11.5 Å². The second kappa shape index (κ2) is 8.99. The van der Waals surface area contributed by atoms with Crippen LogP contribution in [0.5, 0.6) is 0 Å². The molecule has 8 heteroatoms. The van der Waals surface area contributed by atoms with Gasteiger partial charge in [-0.1, -0.05) is 26.7 Å². The van der Waals surface area contributed by atoms with E-state index >= 15 is 0 Å². The Morgan fingerprint density at radius 2 is 1.65 bits per heavy atom. The highest BCUT2D eigenvalue weighted by Gasteiger charge is 2.46. The van der Waals surface area contributed by atoms with Crippen LogP contribution in [0.2, 0.25) is 0 Å². The van der Waals surface area contributed by atoms with Crippen LogP contribution in [0.3, 0.4) is 0 Å². The quantitative estimate of drug-likeness (QED) is 0.533. The molecule has 0 aromatic rings. The first-order valence-electron chi connectivity index (χ1n) is 8.01. The Kier molecular flexibility index (Phi) is 8.73. The normalized spacial score (nSPS) is 17.4. The summed E-state index contributed by atoms with van der Waals surface area (Å²) in [5.41, 5.74) is 9.05. The third-order valence-corrected chi connectivity index (χ3v) is 6.61. The molecule has 1 fully saturated rings. The molecule has 0 aromatic carbocycles. The molecule has 0 saturated heterocycles. The Labute approximate surface area is 145 Å². The molecule has 4 N–H and O–H groups in total. The predicted octanol–water partition coefficient (Wildman–Crippen LogP) is 1.34. The average molecular weight is 369 g/mol. The zero-order valence-corrected chi connectivity index (χ0v) is 15.5. The lowest BCUT2D eigenvalue weighted by Crippen LogP contribution is -2.63. The second-order valence-corrected chi connectivity index (χ2v) is 8.69. The van der Waals surface area contributed by atoms with Crippen LogP contribution in [0.4, 0.5) is 0 Å². The Balaban J connectivity index is 0.00000484. The molecule has 0 heterocycles. The fraction of sp³-hybridized carbons (Fsp3) is 0.867. The zero-order chi connectivity index (χ0) is 17.0. The van der Waals surface area contributed by atoms with E-state index in [9.17, 15) is 18.0 Å². The maximum atomic E-state index is 12.6. The standard InChI is InChI=1S/C15H28N2O4S.ClH/c1-3-5-12(6-4-2)22(20,21)10-15(17,14(16)19)13(18)9-11-7-8-11;/h11-12H,3-10,17H2,1-2H3,(H2,16,19);1H/t15-;/m1./s1. The van der Waals surface area contributed by atoms with Crippen LogP contribution < -0.4 is 11.5 Å². The van der Waals surface area contributed by atoms with E-state index in [0.29, 0.717) is 25.7 Å². The number of amides is 1. The van der Waals surface area contributed by atoms with Crippen molar-refractivity contribution in [1.82, 2.24) is 0 Å². The lowest BCUT2D eigenvalue weighted by Gasteiger charge is -2.27. The lowest BCUT2D eigenvalue weighted by molar-refractivity contribution is -0.133. The number of nitrogens with two attached hydrogens (primary N) is 2. The number of sulfone groups is 1. The van der Waals surface area contributed by atoms with Crippen molar-refractivity contribution < 1.29 is 18.0 Å². The number of hydrogen-bond donors (Lipinski definition) is 2. The number of halogens is 1. The van der Waals surface area contributed by atoms with E-state index in [1.54, 1.807) is 0 Å². The Bertz CT molecular complexity index is 514. The van der Waals surface area contributed by atoms with Crippen molar-refractivity contribution >= 4 is 33.9 Å². The monoisotopic (exact) mass is 368 g/mol. The molecular formula is C15H29ClN2O4S. The van der Waals surface area contributed by atoms with E-state index in [-0.39, 0.29) is 24.7 Å². The van der Waals surface area contributed by atoms with E-state index in [4.69, 9.17) is 11.5 Å². The van der Waals surface area contributed by atoms with Crippen LogP contribution >= 0.6 is 12.4 Å². The Morgan fingerprint density at radius 1 is 1.17 bits per heavy atom.